The second-order valence-electron chi connectivity index (χ2n) is 5.28. The van der Waals surface area contributed by atoms with Gasteiger partial charge in [-0.3, -0.25) is 4.90 Å². The van der Waals surface area contributed by atoms with Gasteiger partial charge in [0.25, 0.3) is 0 Å². The number of hydrogen-bond acceptors (Lipinski definition) is 4. The third-order valence-electron chi connectivity index (χ3n) is 4.15. The topological polar surface area (TPSA) is 24.9 Å². The molecule has 0 bridgehead atoms. The van der Waals surface area contributed by atoms with Gasteiger partial charge in [0.2, 0.25) is 0 Å². The molecule has 2 aliphatic heterocycles. The molecule has 2 fully saturated rings. The highest BCUT2D eigenvalue weighted by atomic mass is 16.7. The molecule has 2 aliphatic rings. The Bertz CT molecular complexity index is 228. The number of likely N-dealkylation sites (tertiary alicyclic amines) is 1. The van der Waals surface area contributed by atoms with Gasteiger partial charge in [0, 0.05) is 25.6 Å². The van der Waals surface area contributed by atoms with Crippen LogP contribution >= 0.6 is 0 Å². The third-order valence-corrected chi connectivity index (χ3v) is 4.15. The third kappa shape index (κ3) is 3.92. The molecule has 2 heterocycles. The molecule has 2 saturated heterocycles. The number of hydrogen-bond donors (Lipinski definition) is 0. The maximum Gasteiger partial charge on any atom is 0.158 e. The molecule has 1 unspecified atom stereocenters. The summed E-state index contributed by atoms with van der Waals surface area (Å²) in [7, 11) is 0. The van der Waals surface area contributed by atoms with Crippen molar-refractivity contribution in [1.29, 1.82) is 0 Å². The van der Waals surface area contributed by atoms with Crippen molar-refractivity contribution in [3.63, 3.8) is 0 Å². The minimum absolute atomic E-state index is 0.0475. The van der Waals surface area contributed by atoms with E-state index in [1.807, 2.05) is 0 Å². The van der Waals surface area contributed by atoms with Crippen LogP contribution in [0.5, 0.6) is 0 Å². The lowest BCUT2D eigenvalue weighted by atomic mass is 10.2. The summed E-state index contributed by atoms with van der Waals surface area (Å²) in [5.74, 6) is 0. The molecule has 1 atom stereocenters. The predicted octanol–water partition coefficient (Wildman–Crippen LogP) is 1.56. The van der Waals surface area contributed by atoms with E-state index in [-0.39, 0.29) is 6.29 Å². The smallest absolute Gasteiger partial charge is 0.158 e. The van der Waals surface area contributed by atoms with Gasteiger partial charge in [-0.1, -0.05) is 13.8 Å². The molecular formula is C14H28N2O2. The van der Waals surface area contributed by atoms with Gasteiger partial charge in [-0.05, 0) is 32.5 Å². The van der Waals surface area contributed by atoms with E-state index in [0.717, 1.165) is 38.6 Å². The van der Waals surface area contributed by atoms with Crippen LogP contribution in [-0.4, -0.2) is 68.1 Å². The highest BCUT2D eigenvalue weighted by Crippen LogP contribution is 2.17. The van der Waals surface area contributed by atoms with E-state index < -0.39 is 0 Å². The fourth-order valence-corrected chi connectivity index (χ4v) is 3.04. The van der Waals surface area contributed by atoms with Crippen molar-refractivity contribution in [2.45, 2.75) is 45.4 Å². The molecule has 0 aliphatic carbocycles. The van der Waals surface area contributed by atoms with Crippen molar-refractivity contribution in [2.24, 2.45) is 0 Å². The van der Waals surface area contributed by atoms with Crippen molar-refractivity contribution in [3.8, 4) is 0 Å². The van der Waals surface area contributed by atoms with Gasteiger partial charge < -0.3 is 14.4 Å². The van der Waals surface area contributed by atoms with Gasteiger partial charge in [-0.2, -0.15) is 0 Å². The van der Waals surface area contributed by atoms with Gasteiger partial charge in [0.05, 0.1) is 13.2 Å². The van der Waals surface area contributed by atoms with E-state index in [1.165, 1.54) is 32.6 Å². The summed E-state index contributed by atoms with van der Waals surface area (Å²) >= 11 is 0. The standard InChI is InChI=1S/C14H28N2O2/c1-3-16(4-2)13-6-8-15(12-13)9-7-14-17-10-5-11-18-14/h13-14H,3-12H2,1-2H3. The fourth-order valence-electron chi connectivity index (χ4n) is 3.04. The van der Waals surface area contributed by atoms with Crippen LogP contribution < -0.4 is 0 Å². The molecule has 0 aromatic heterocycles. The molecule has 106 valence electrons. The van der Waals surface area contributed by atoms with E-state index in [9.17, 15) is 0 Å². The van der Waals surface area contributed by atoms with Crippen molar-refractivity contribution in [2.75, 3.05) is 45.9 Å². The van der Waals surface area contributed by atoms with E-state index in [1.54, 1.807) is 0 Å². The summed E-state index contributed by atoms with van der Waals surface area (Å²) in [6, 6.07) is 0.758. The van der Waals surface area contributed by atoms with E-state index in [4.69, 9.17) is 9.47 Å². The SMILES string of the molecule is CCN(CC)C1CCN(CCC2OCCCO2)C1. The molecule has 0 aromatic carbocycles. The molecule has 0 aromatic rings. The number of rotatable bonds is 6. The molecule has 0 amide bonds. The Kier molecular flexibility index (Phi) is 5.89. The zero-order chi connectivity index (χ0) is 12.8. The van der Waals surface area contributed by atoms with Gasteiger partial charge in [0.15, 0.2) is 6.29 Å². The first-order chi connectivity index (χ1) is 8.83. The maximum absolute atomic E-state index is 5.60. The lowest BCUT2D eigenvalue weighted by Gasteiger charge is -2.27. The van der Waals surface area contributed by atoms with Crippen LogP contribution in [0.4, 0.5) is 0 Å². The first-order valence-electron chi connectivity index (χ1n) is 7.53. The van der Waals surface area contributed by atoms with Crippen LogP contribution in [-0.2, 0) is 9.47 Å². The Labute approximate surface area is 111 Å². The van der Waals surface area contributed by atoms with E-state index in [0.29, 0.717) is 0 Å². The summed E-state index contributed by atoms with van der Waals surface area (Å²) in [6.45, 7) is 12.2. The Hall–Kier alpha value is -0.160. The monoisotopic (exact) mass is 256 g/mol. The summed E-state index contributed by atoms with van der Waals surface area (Å²) in [6.07, 6.45) is 3.43. The normalized spacial score (nSPS) is 27.2. The first kappa shape index (κ1) is 14.3. The molecule has 0 N–H and O–H groups in total. The zero-order valence-corrected chi connectivity index (χ0v) is 11.9. The Morgan fingerprint density at radius 2 is 1.89 bits per heavy atom. The average molecular weight is 256 g/mol. The van der Waals surface area contributed by atoms with Crippen LogP contribution in [0.3, 0.4) is 0 Å². The molecule has 4 nitrogen and oxygen atoms in total. The highest BCUT2D eigenvalue weighted by Gasteiger charge is 2.26. The summed E-state index contributed by atoms with van der Waals surface area (Å²) in [5, 5.41) is 0. The van der Waals surface area contributed by atoms with E-state index >= 15 is 0 Å². The van der Waals surface area contributed by atoms with Crippen molar-refractivity contribution in [1.82, 2.24) is 9.80 Å². The van der Waals surface area contributed by atoms with Crippen LogP contribution in [0.2, 0.25) is 0 Å². The van der Waals surface area contributed by atoms with Gasteiger partial charge in [0.1, 0.15) is 0 Å². The maximum atomic E-state index is 5.60. The van der Waals surface area contributed by atoms with Gasteiger partial charge in [-0.15, -0.1) is 0 Å². The van der Waals surface area contributed by atoms with E-state index in [2.05, 4.69) is 23.6 Å². The van der Waals surface area contributed by atoms with Crippen molar-refractivity contribution in [3.05, 3.63) is 0 Å². The second kappa shape index (κ2) is 7.43. The molecule has 0 saturated carbocycles. The lowest BCUT2D eigenvalue weighted by Crippen LogP contribution is -2.38. The zero-order valence-electron chi connectivity index (χ0n) is 11.9. The molecule has 2 rings (SSSR count). The van der Waals surface area contributed by atoms with Gasteiger partial charge in [-0.25, -0.2) is 0 Å². The fraction of sp³-hybridized carbons (Fsp3) is 1.00. The van der Waals surface area contributed by atoms with Crippen LogP contribution in [0, 0.1) is 0 Å². The Morgan fingerprint density at radius 3 is 2.56 bits per heavy atom. The molecular weight excluding hydrogens is 228 g/mol. The van der Waals surface area contributed by atoms with Crippen molar-refractivity contribution >= 4 is 0 Å². The number of likely N-dealkylation sites (N-methyl/N-ethyl adjacent to an activating group) is 1. The summed E-state index contributed by atoms with van der Waals surface area (Å²) in [4.78, 5) is 5.14. The summed E-state index contributed by atoms with van der Waals surface area (Å²) in [5.41, 5.74) is 0. The molecule has 18 heavy (non-hydrogen) atoms. The van der Waals surface area contributed by atoms with Crippen LogP contribution in [0.15, 0.2) is 0 Å². The predicted molar refractivity (Wildman–Crippen MR) is 72.7 cm³/mol. The Balaban J connectivity index is 1.65. The lowest BCUT2D eigenvalue weighted by molar-refractivity contribution is -0.182. The summed E-state index contributed by atoms with van der Waals surface area (Å²) < 4.78 is 11.2. The average Bonchev–Trinajstić information content (AvgIpc) is 2.88. The number of ether oxygens (including phenoxy) is 2. The van der Waals surface area contributed by atoms with Crippen LogP contribution in [0.1, 0.15) is 33.1 Å². The Morgan fingerprint density at radius 1 is 1.17 bits per heavy atom. The first-order valence-corrected chi connectivity index (χ1v) is 7.53. The minimum Gasteiger partial charge on any atom is -0.353 e. The largest absolute Gasteiger partial charge is 0.353 e. The highest BCUT2D eigenvalue weighted by molar-refractivity contribution is 4.82. The van der Waals surface area contributed by atoms with Crippen LogP contribution in [0.25, 0.3) is 0 Å². The van der Waals surface area contributed by atoms with Gasteiger partial charge >= 0.3 is 0 Å². The van der Waals surface area contributed by atoms with Crippen molar-refractivity contribution < 1.29 is 9.47 Å². The minimum atomic E-state index is 0.0475. The molecule has 4 heteroatoms. The molecule has 0 spiro atoms. The second-order valence-corrected chi connectivity index (χ2v) is 5.28. The molecule has 0 radical (unpaired) electrons. The number of nitrogens with zero attached hydrogens (tertiary/aromatic N) is 2. The quantitative estimate of drug-likeness (QED) is 0.720.